The van der Waals surface area contributed by atoms with Gasteiger partial charge in [0.05, 0.1) is 6.20 Å². The van der Waals surface area contributed by atoms with Gasteiger partial charge in [-0.05, 0) is 18.9 Å². The first-order chi connectivity index (χ1) is 7.99. The van der Waals surface area contributed by atoms with Crippen LogP contribution >= 0.6 is 0 Å². The van der Waals surface area contributed by atoms with E-state index in [1.165, 1.54) is 0 Å². The van der Waals surface area contributed by atoms with Gasteiger partial charge < -0.3 is 5.11 Å². The quantitative estimate of drug-likeness (QED) is 0.789. The fourth-order valence-electron chi connectivity index (χ4n) is 1.33. The highest BCUT2D eigenvalue weighted by Crippen LogP contribution is 2.10. The Labute approximate surface area is 99.7 Å². The molecule has 0 aromatic carbocycles. The molecule has 1 rings (SSSR count). The molecule has 0 saturated heterocycles. The van der Waals surface area contributed by atoms with Crippen molar-refractivity contribution in [3.8, 4) is 0 Å². The molecule has 96 valence electrons. The van der Waals surface area contributed by atoms with Crippen molar-refractivity contribution in [1.82, 2.24) is 9.71 Å². The number of sulfonamides is 1. The average molecular weight is 262 g/mol. The Balaban J connectivity index is 2.88. The van der Waals surface area contributed by atoms with Crippen molar-refractivity contribution in [2.75, 3.05) is 6.61 Å². The summed E-state index contributed by atoms with van der Waals surface area (Å²) in [5.74, 6) is -0.705. The third-order valence-corrected chi connectivity index (χ3v) is 3.77. The average Bonchev–Trinajstić information content (AvgIpc) is 2.28. The Morgan fingerprint density at radius 3 is 2.76 bits per heavy atom. The Hall–Kier alpha value is -1.05. The number of hydrogen-bond donors (Lipinski definition) is 2. The van der Waals surface area contributed by atoms with Gasteiger partial charge in [0.2, 0.25) is 10.0 Å². The van der Waals surface area contributed by atoms with E-state index in [0.717, 1.165) is 18.5 Å². The molecule has 1 heterocycles. The number of halogens is 1. The lowest BCUT2D eigenvalue weighted by molar-refractivity contribution is 0.270. The van der Waals surface area contributed by atoms with E-state index in [1.54, 1.807) is 6.92 Å². The van der Waals surface area contributed by atoms with E-state index in [1.807, 2.05) is 0 Å². The van der Waals surface area contributed by atoms with Gasteiger partial charge >= 0.3 is 0 Å². The lowest BCUT2D eigenvalue weighted by Gasteiger charge is -2.15. The molecular weight excluding hydrogens is 247 g/mol. The van der Waals surface area contributed by atoms with E-state index in [9.17, 15) is 12.8 Å². The largest absolute Gasteiger partial charge is 0.396 e. The Morgan fingerprint density at radius 2 is 2.24 bits per heavy atom. The van der Waals surface area contributed by atoms with Gasteiger partial charge in [0, 0.05) is 18.8 Å². The third kappa shape index (κ3) is 4.03. The SMILES string of the molecule is CCC(CCO)NS(=O)(=O)c1cncc(F)c1. The summed E-state index contributed by atoms with van der Waals surface area (Å²) in [6, 6.07) is 0.536. The number of rotatable bonds is 6. The highest BCUT2D eigenvalue weighted by molar-refractivity contribution is 7.89. The van der Waals surface area contributed by atoms with Crippen LogP contribution in [0, 0.1) is 5.82 Å². The minimum absolute atomic E-state index is 0.109. The molecule has 0 aliphatic heterocycles. The van der Waals surface area contributed by atoms with Gasteiger partial charge in [-0.1, -0.05) is 6.92 Å². The molecule has 0 amide bonds. The first kappa shape index (κ1) is 14.0. The van der Waals surface area contributed by atoms with Gasteiger partial charge in [-0.2, -0.15) is 0 Å². The fourth-order valence-corrected chi connectivity index (χ4v) is 2.66. The summed E-state index contributed by atoms with van der Waals surface area (Å²) >= 11 is 0. The van der Waals surface area contributed by atoms with Crippen LogP contribution in [0.3, 0.4) is 0 Å². The number of hydrogen-bond acceptors (Lipinski definition) is 4. The molecule has 17 heavy (non-hydrogen) atoms. The summed E-state index contributed by atoms with van der Waals surface area (Å²) in [5.41, 5.74) is 0. The Bertz CT molecular complexity index is 464. The third-order valence-electron chi connectivity index (χ3n) is 2.28. The molecule has 5 nitrogen and oxygen atoms in total. The molecule has 0 bridgehead atoms. The maximum atomic E-state index is 12.9. The maximum absolute atomic E-state index is 12.9. The van der Waals surface area contributed by atoms with E-state index in [-0.39, 0.29) is 17.5 Å². The monoisotopic (exact) mass is 262 g/mol. The smallest absolute Gasteiger partial charge is 0.242 e. The molecular formula is C10H15FN2O3S. The highest BCUT2D eigenvalue weighted by Gasteiger charge is 2.19. The van der Waals surface area contributed by atoms with Gasteiger partial charge in [-0.15, -0.1) is 0 Å². The zero-order valence-electron chi connectivity index (χ0n) is 9.43. The summed E-state index contributed by atoms with van der Waals surface area (Å²) in [5, 5.41) is 8.77. The van der Waals surface area contributed by atoms with Crippen LogP contribution in [0.1, 0.15) is 19.8 Å². The fraction of sp³-hybridized carbons (Fsp3) is 0.500. The first-order valence-corrected chi connectivity index (χ1v) is 6.71. The van der Waals surface area contributed by atoms with E-state index in [4.69, 9.17) is 5.11 Å². The topological polar surface area (TPSA) is 79.3 Å². The Kier molecular flexibility index (Phi) is 4.98. The van der Waals surface area contributed by atoms with Gasteiger partial charge in [0.25, 0.3) is 0 Å². The number of aromatic nitrogens is 1. The van der Waals surface area contributed by atoms with Crippen molar-refractivity contribution < 1.29 is 17.9 Å². The molecule has 0 saturated carbocycles. The number of aliphatic hydroxyl groups excluding tert-OH is 1. The second-order valence-electron chi connectivity index (χ2n) is 3.58. The van der Waals surface area contributed by atoms with Crippen LogP contribution in [0.25, 0.3) is 0 Å². The van der Waals surface area contributed by atoms with Crippen LogP contribution in [-0.4, -0.2) is 31.2 Å². The zero-order chi connectivity index (χ0) is 12.9. The standard InChI is InChI=1S/C10H15FN2O3S/c1-2-9(3-4-14)13-17(15,16)10-5-8(11)6-12-7-10/h5-7,9,13-14H,2-4H2,1H3. The summed E-state index contributed by atoms with van der Waals surface area (Å²) < 4.78 is 38.9. The molecule has 1 unspecified atom stereocenters. The lowest BCUT2D eigenvalue weighted by atomic mass is 10.2. The minimum Gasteiger partial charge on any atom is -0.396 e. The van der Waals surface area contributed by atoms with Crippen molar-refractivity contribution in [1.29, 1.82) is 0 Å². The van der Waals surface area contributed by atoms with Gasteiger partial charge in [-0.25, -0.2) is 17.5 Å². The van der Waals surface area contributed by atoms with E-state index < -0.39 is 15.8 Å². The predicted octanol–water partition coefficient (Wildman–Crippen LogP) is 0.660. The van der Waals surface area contributed by atoms with Crippen molar-refractivity contribution in [2.24, 2.45) is 0 Å². The number of nitrogens with one attached hydrogen (secondary N) is 1. The van der Waals surface area contributed by atoms with Crippen molar-refractivity contribution in [3.05, 3.63) is 24.3 Å². The van der Waals surface area contributed by atoms with Crippen molar-refractivity contribution in [3.63, 3.8) is 0 Å². The van der Waals surface area contributed by atoms with Crippen LogP contribution in [0.4, 0.5) is 4.39 Å². The second-order valence-corrected chi connectivity index (χ2v) is 5.29. The number of pyridine rings is 1. The normalized spacial score (nSPS) is 13.6. The lowest BCUT2D eigenvalue weighted by Crippen LogP contribution is -2.35. The van der Waals surface area contributed by atoms with E-state index in [2.05, 4.69) is 9.71 Å². The van der Waals surface area contributed by atoms with Crippen LogP contribution in [-0.2, 0) is 10.0 Å². The molecule has 0 spiro atoms. The maximum Gasteiger partial charge on any atom is 0.242 e. The number of nitrogens with zero attached hydrogens (tertiary/aromatic N) is 1. The van der Waals surface area contributed by atoms with Crippen LogP contribution < -0.4 is 4.72 Å². The molecule has 1 atom stereocenters. The summed E-state index contributed by atoms with van der Waals surface area (Å²) in [6.45, 7) is 1.69. The second kappa shape index (κ2) is 6.04. The van der Waals surface area contributed by atoms with Gasteiger partial charge in [-0.3, -0.25) is 4.98 Å². The van der Waals surface area contributed by atoms with Crippen LogP contribution in [0.5, 0.6) is 0 Å². The predicted molar refractivity (Wildman–Crippen MR) is 60.3 cm³/mol. The summed E-state index contributed by atoms with van der Waals surface area (Å²) in [6.07, 6.45) is 2.88. The molecule has 0 radical (unpaired) electrons. The number of aliphatic hydroxyl groups is 1. The highest BCUT2D eigenvalue weighted by atomic mass is 32.2. The van der Waals surface area contributed by atoms with Crippen molar-refractivity contribution >= 4 is 10.0 Å². The molecule has 0 fully saturated rings. The van der Waals surface area contributed by atoms with Crippen LogP contribution in [0.2, 0.25) is 0 Å². The van der Waals surface area contributed by atoms with E-state index in [0.29, 0.717) is 12.8 Å². The molecule has 1 aromatic heterocycles. The van der Waals surface area contributed by atoms with Crippen molar-refractivity contribution in [2.45, 2.75) is 30.7 Å². The molecule has 1 aromatic rings. The summed E-state index contributed by atoms with van der Waals surface area (Å²) in [4.78, 5) is 3.27. The molecule has 2 N–H and O–H groups in total. The van der Waals surface area contributed by atoms with E-state index >= 15 is 0 Å². The van der Waals surface area contributed by atoms with Gasteiger partial charge in [0.15, 0.2) is 0 Å². The zero-order valence-corrected chi connectivity index (χ0v) is 10.2. The molecule has 0 aliphatic carbocycles. The first-order valence-electron chi connectivity index (χ1n) is 5.23. The summed E-state index contributed by atoms with van der Waals surface area (Å²) in [7, 11) is -3.78. The van der Waals surface area contributed by atoms with Gasteiger partial charge in [0.1, 0.15) is 10.7 Å². The molecule has 7 heteroatoms. The Morgan fingerprint density at radius 1 is 1.53 bits per heavy atom. The molecule has 0 aliphatic rings. The van der Waals surface area contributed by atoms with Crippen LogP contribution in [0.15, 0.2) is 23.4 Å². The minimum atomic E-state index is -3.78.